The van der Waals surface area contributed by atoms with E-state index in [1.165, 1.54) is 31.4 Å². The minimum Gasteiger partial charge on any atom is -0.383 e. The summed E-state index contributed by atoms with van der Waals surface area (Å²) >= 11 is 0. The summed E-state index contributed by atoms with van der Waals surface area (Å²) in [7, 11) is 3.81. The fourth-order valence-corrected chi connectivity index (χ4v) is 2.96. The van der Waals surface area contributed by atoms with Crippen LogP contribution in [-0.4, -0.2) is 36.6 Å². The number of nitrogens with one attached hydrogen (secondary N) is 1. The lowest BCUT2D eigenvalue weighted by atomic mass is 9.76. The van der Waals surface area contributed by atoms with E-state index in [1.54, 1.807) is 7.11 Å². The van der Waals surface area contributed by atoms with Gasteiger partial charge in [0.1, 0.15) is 0 Å². The molecule has 0 bridgehead atoms. The molecular weight excluding hydrogens is 262 g/mol. The summed E-state index contributed by atoms with van der Waals surface area (Å²) < 4.78 is 7.18. The quantitative estimate of drug-likeness (QED) is 0.638. The van der Waals surface area contributed by atoms with Crippen LogP contribution in [0, 0.1) is 12.3 Å². The molecule has 0 aliphatic carbocycles. The van der Waals surface area contributed by atoms with E-state index in [9.17, 15) is 0 Å². The Labute approximate surface area is 130 Å². The lowest BCUT2D eigenvalue weighted by Gasteiger charge is -2.33. The monoisotopic (exact) mass is 295 g/mol. The summed E-state index contributed by atoms with van der Waals surface area (Å²) in [6.07, 6.45) is 6.10. The highest BCUT2D eigenvalue weighted by Crippen LogP contribution is 2.32. The van der Waals surface area contributed by atoms with Gasteiger partial charge < -0.3 is 10.1 Å². The maximum Gasteiger partial charge on any atom is 0.0596 e. The van der Waals surface area contributed by atoms with Gasteiger partial charge in [-0.1, -0.05) is 26.7 Å². The molecule has 1 heterocycles. The van der Waals surface area contributed by atoms with Crippen molar-refractivity contribution < 1.29 is 4.74 Å². The first-order valence-corrected chi connectivity index (χ1v) is 8.26. The number of unbranched alkanes of at least 4 members (excludes halogenated alkanes) is 1. The van der Waals surface area contributed by atoms with Crippen molar-refractivity contribution >= 4 is 0 Å². The second-order valence-electron chi connectivity index (χ2n) is 6.20. The highest BCUT2D eigenvalue weighted by molar-refractivity contribution is 5.11. The van der Waals surface area contributed by atoms with Crippen LogP contribution in [0.4, 0.5) is 0 Å². The number of aromatic nitrogens is 2. The van der Waals surface area contributed by atoms with E-state index < -0.39 is 0 Å². The van der Waals surface area contributed by atoms with Crippen LogP contribution < -0.4 is 5.32 Å². The van der Waals surface area contributed by atoms with Gasteiger partial charge in [0.2, 0.25) is 0 Å². The van der Waals surface area contributed by atoms with Crippen LogP contribution >= 0.6 is 0 Å². The summed E-state index contributed by atoms with van der Waals surface area (Å²) in [5.41, 5.74) is 2.78. The molecule has 0 aliphatic heterocycles. The molecule has 4 nitrogen and oxygen atoms in total. The fourth-order valence-electron chi connectivity index (χ4n) is 2.96. The molecule has 4 heteroatoms. The molecule has 0 saturated carbocycles. The van der Waals surface area contributed by atoms with E-state index in [-0.39, 0.29) is 0 Å². The molecule has 0 spiro atoms. The van der Waals surface area contributed by atoms with Gasteiger partial charge >= 0.3 is 0 Å². The first-order chi connectivity index (χ1) is 10.1. The standard InChI is InChI=1S/C17H33N3O/c1-6-8-9-17(7-2,14-18-10-11-21-5)13-16-12-15(3)19-20(16)4/h12,18H,6-11,13-14H2,1-5H3. The van der Waals surface area contributed by atoms with Crippen molar-refractivity contribution in [2.45, 2.75) is 52.9 Å². The lowest BCUT2D eigenvalue weighted by Crippen LogP contribution is -2.37. The Hall–Kier alpha value is -0.870. The zero-order valence-electron chi connectivity index (χ0n) is 14.5. The summed E-state index contributed by atoms with van der Waals surface area (Å²) in [6.45, 7) is 9.41. The van der Waals surface area contributed by atoms with Crippen LogP contribution in [-0.2, 0) is 18.2 Å². The smallest absolute Gasteiger partial charge is 0.0596 e. The molecular formula is C17H33N3O. The van der Waals surface area contributed by atoms with E-state index in [1.807, 2.05) is 4.68 Å². The molecule has 0 aromatic carbocycles. The Morgan fingerprint density at radius 2 is 2.14 bits per heavy atom. The molecule has 0 fully saturated rings. The molecule has 1 rings (SSSR count). The van der Waals surface area contributed by atoms with Gasteiger partial charge in [-0.2, -0.15) is 5.10 Å². The number of methoxy groups -OCH3 is 1. The molecule has 0 aliphatic rings. The molecule has 1 atom stereocenters. The van der Waals surface area contributed by atoms with Crippen molar-refractivity contribution in [2.75, 3.05) is 26.8 Å². The van der Waals surface area contributed by atoms with Crippen molar-refractivity contribution in [3.63, 3.8) is 0 Å². The van der Waals surface area contributed by atoms with Crippen LogP contribution in [0.25, 0.3) is 0 Å². The van der Waals surface area contributed by atoms with Gasteiger partial charge in [-0.05, 0) is 37.7 Å². The van der Waals surface area contributed by atoms with Gasteiger partial charge in [0.25, 0.3) is 0 Å². The third-order valence-electron chi connectivity index (χ3n) is 4.45. The first kappa shape index (κ1) is 18.2. The van der Waals surface area contributed by atoms with Crippen LogP contribution in [0.5, 0.6) is 0 Å². The minimum absolute atomic E-state index is 0.323. The Balaban J connectivity index is 2.75. The molecule has 0 radical (unpaired) electrons. The van der Waals surface area contributed by atoms with E-state index in [2.05, 4.69) is 44.3 Å². The summed E-state index contributed by atoms with van der Waals surface area (Å²) in [5.74, 6) is 0. The second kappa shape index (κ2) is 9.21. The third kappa shape index (κ3) is 5.79. The predicted molar refractivity (Wildman–Crippen MR) is 88.6 cm³/mol. The van der Waals surface area contributed by atoms with Crippen molar-refractivity contribution in [1.29, 1.82) is 0 Å². The average Bonchev–Trinajstić information content (AvgIpc) is 2.78. The molecule has 122 valence electrons. The molecule has 21 heavy (non-hydrogen) atoms. The highest BCUT2D eigenvalue weighted by atomic mass is 16.5. The summed E-state index contributed by atoms with van der Waals surface area (Å²) in [4.78, 5) is 0. The van der Waals surface area contributed by atoms with Crippen molar-refractivity contribution in [2.24, 2.45) is 12.5 Å². The maximum absolute atomic E-state index is 5.14. The molecule has 1 aromatic rings. The van der Waals surface area contributed by atoms with Crippen LogP contribution in [0.15, 0.2) is 6.07 Å². The van der Waals surface area contributed by atoms with Gasteiger partial charge in [-0.3, -0.25) is 4.68 Å². The van der Waals surface area contributed by atoms with E-state index in [4.69, 9.17) is 4.74 Å². The van der Waals surface area contributed by atoms with Gasteiger partial charge in [-0.25, -0.2) is 0 Å². The molecule has 0 amide bonds. The van der Waals surface area contributed by atoms with Crippen LogP contribution in [0.2, 0.25) is 0 Å². The van der Waals surface area contributed by atoms with Crippen molar-refractivity contribution in [1.82, 2.24) is 15.1 Å². The van der Waals surface area contributed by atoms with Crippen LogP contribution in [0.1, 0.15) is 50.9 Å². The Morgan fingerprint density at radius 1 is 1.38 bits per heavy atom. The zero-order valence-corrected chi connectivity index (χ0v) is 14.5. The largest absolute Gasteiger partial charge is 0.383 e. The Morgan fingerprint density at radius 3 is 2.67 bits per heavy atom. The number of hydrogen-bond acceptors (Lipinski definition) is 3. The SMILES string of the molecule is CCCCC(CC)(CNCCOC)Cc1cc(C)nn1C. The van der Waals surface area contributed by atoms with Gasteiger partial charge in [0, 0.05) is 32.9 Å². The Bertz CT molecular complexity index is 403. The van der Waals surface area contributed by atoms with E-state index in [0.29, 0.717) is 5.41 Å². The number of ether oxygens (including phenoxy) is 1. The van der Waals surface area contributed by atoms with Crippen molar-refractivity contribution in [3.05, 3.63) is 17.5 Å². The molecule has 1 N–H and O–H groups in total. The number of aryl methyl sites for hydroxylation is 2. The molecule has 1 unspecified atom stereocenters. The highest BCUT2D eigenvalue weighted by Gasteiger charge is 2.28. The van der Waals surface area contributed by atoms with Crippen LogP contribution in [0.3, 0.4) is 0 Å². The predicted octanol–water partition coefficient (Wildman–Crippen LogP) is 3.09. The molecule has 1 aromatic heterocycles. The minimum atomic E-state index is 0.323. The normalized spacial score (nSPS) is 14.3. The van der Waals surface area contributed by atoms with Gasteiger partial charge in [0.15, 0.2) is 0 Å². The Kier molecular flexibility index (Phi) is 7.97. The van der Waals surface area contributed by atoms with Crippen molar-refractivity contribution in [3.8, 4) is 0 Å². The summed E-state index contributed by atoms with van der Waals surface area (Å²) in [5, 5.41) is 8.07. The van der Waals surface area contributed by atoms with E-state index in [0.717, 1.165) is 31.8 Å². The van der Waals surface area contributed by atoms with E-state index >= 15 is 0 Å². The zero-order chi connectivity index (χ0) is 15.7. The average molecular weight is 295 g/mol. The number of hydrogen-bond donors (Lipinski definition) is 1. The van der Waals surface area contributed by atoms with Gasteiger partial charge in [-0.15, -0.1) is 0 Å². The molecule has 0 saturated heterocycles. The fraction of sp³-hybridized carbons (Fsp3) is 0.824. The number of rotatable bonds is 11. The second-order valence-corrected chi connectivity index (χ2v) is 6.20. The lowest BCUT2D eigenvalue weighted by molar-refractivity contribution is 0.181. The summed E-state index contributed by atoms with van der Waals surface area (Å²) in [6, 6.07) is 2.23. The topological polar surface area (TPSA) is 39.1 Å². The maximum atomic E-state index is 5.14. The third-order valence-corrected chi connectivity index (χ3v) is 4.45. The first-order valence-electron chi connectivity index (χ1n) is 8.26. The van der Waals surface area contributed by atoms with Gasteiger partial charge in [0.05, 0.1) is 12.3 Å². The number of nitrogens with zero attached hydrogens (tertiary/aromatic N) is 2.